The van der Waals surface area contributed by atoms with Crippen LogP contribution in [-0.4, -0.2) is 29.9 Å². The van der Waals surface area contributed by atoms with Gasteiger partial charge in [0.2, 0.25) is 6.29 Å². The fraction of sp³-hybridized carbons (Fsp3) is 0.211. The van der Waals surface area contributed by atoms with E-state index in [0.29, 0.717) is 30.9 Å². The summed E-state index contributed by atoms with van der Waals surface area (Å²) in [6, 6.07) is 15.0. The van der Waals surface area contributed by atoms with Crippen LogP contribution < -0.4 is 10.1 Å². The SMILES string of the molecule is O=CC(=O)Nc1ccc(-c2ccccc2)cc1OCCCCC(=O)O. The Labute approximate surface area is 145 Å². The number of aliphatic carboxylic acids is 1. The Morgan fingerprint density at radius 3 is 2.48 bits per heavy atom. The highest BCUT2D eigenvalue weighted by atomic mass is 16.5. The third-order valence-electron chi connectivity index (χ3n) is 3.50. The van der Waals surface area contributed by atoms with Crippen LogP contribution in [-0.2, 0) is 14.4 Å². The average molecular weight is 341 g/mol. The van der Waals surface area contributed by atoms with Crippen LogP contribution in [0.4, 0.5) is 5.69 Å². The van der Waals surface area contributed by atoms with Gasteiger partial charge in [-0.25, -0.2) is 0 Å². The zero-order valence-electron chi connectivity index (χ0n) is 13.6. The molecular weight excluding hydrogens is 322 g/mol. The molecule has 2 N–H and O–H groups in total. The fourth-order valence-electron chi connectivity index (χ4n) is 2.28. The molecular formula is C19H19NO5. The van der Waals surface area contributed by atoms with Crippen molar-refractivity contribution in [3.8, 4) is 16.9 Å². The number of amides is 1. The van der Waals surface area contributed by atoms with Gasteiger partial charge < -0.3 is 15.2 Å². The molecule has 0 aliphatic carbocycles. The topological polar surface area (TPSA) is 92.7 Å². The first-order valence-corrected chi connectivity index (χ1v) is 7.90. The van der Waals surface area contributed by atoms with Crippen molar-refractivity contribution in [3.05, 3.63) is 48.5 Å². The van der Waals surface area contributed by atoms with Gasteiger partial charge in [0.25, 0.3) is 5.91 Å². The Hall–Kier alpha value is -3.15. The van der Waals surface area contributed by atoms with Crippen molar-refractivity contribution < 1.29 is 24.2 Å². The molecule has 0 aromatic heterocycles. The summed E-state index contributed by atoms with van der Waals surface area (Å²) in [7, 11) is 0. The smallest absolute Gasteiger partial charge is 0.303 e. The molecule has 0 saturated carbocycles. The second-order valence-corrected chi connectivity index (χ2v) is 5.38. The molecule has 0 atom stereocenters. The van der Waals surface area contributed by atoms with Gasteiger partial charge in [0, 0.05) is 6.42 Å². The number of aldehydes is 1. The lowest BCUT2D eigenvalue weighted by molar-refractivity contribution is -0.137. The maximum absolute atomic E-state index is 11.3. The normalized spacial score (nSPS) is 10.1. The van der Waals surface area contributed by atoms with E-state index in [-0.39, 0.29) is 12.7 Å². The highest BCUT2D eigenvalue weighted by Crippen LogP contribution is 2.31. The van der Waals surface area contributed by atoms with Gasteiger partial charge in [-0.2, -0.15) is 0 Å². The summed E-state index contributed by atoms with van der Waals surface area (Å²) in [5.74, 6) is -1.17. The Kier molecular flexibility index (Phi) is 6.71. The van der Waals surface area contributed by atoms with Crippen LogP contribution in [0.15, 0.2) is 48.5 Å². The van der Waals surface area contributed by atoms with Gasteiger partial charge in [-0.15, -0.1) is 0 Å². The zero-order valence-corrected chi connectivity index (χ0v) is 13.6. The monoisotopic (exact) mass is 341 g/mol. The first kappa shape index (κ1) is 18.2. The molecule has 0 unspecified atom stereocenters. The Morgan fingerprint density at radius 1 is 1.04 bits per heavy atom. The molecule has 2 aromatic carbocycles. The van der Waals surface area contributed by atoms with Crippen molar-refractivity contribution in [2.45, 2.75) is 19.3 Å². The van der Waals surface area contributed by atoms with Crippen LogP contribution in [0.1, 0.15) is 19.3 Å². The van der Waals surface area contributed by atoms with Gasteiger partial charge in [0.05, 0.1) is 12.3 Å². The summed E-state index contributed by atoms with van der Waals surface area (Å²) in [6.45, 7) is 0.315. The summed E-state index contributed by atoms with van der Waals surface area (Å²) >= 11 is 0. The summed E-state index contributed by atoms with van der Waals surface area (Å²) in [5, 5.41) is 11.1. The van der Waals surface area contributed by atoms with Gasteiger partial charge in [-0.1, -0.05) is 36.4 Å². The molecule has 1 amide bonds. The molecule has 25 heavy (non-hydrogen) atoms. The van der Waals surface area contributed by atoms with Crippen molar-refractivity contribution in [2.24, 2.45) is 0 Å². The van der Waals surface area contributed by atoms with Crippen LogP contribution in [0.2, 0.25) is 0 Å². The number of nitrogens with one attached hydrogen (secondary N) is 1. The summed E-state index contributed by atoms with van der Waals surface area (Å²) in [5.41, 5.74) is 2.30. The number of rotatable bonds is 9. The lowest BCUT2D eigenvalue weighted by Crippen LogP contribution is -2.13. The molecule has 6 nitrogen and oxygen atoms in total. The lowest BCUT2D eigenvalue weighted by atomic mass is 10.0. The van der Waals surface area contributed by atoms with E-state index in [4.69, 9.17) is 9.84 Å². The molecule has 6 heteroatoms. The van der Waals surface area contributed by atoms with E-state index >= 15 is 0 Å². The number of hydrogen-bond acceptors (Lipinski definition) is 4. The maximum atomic E-state index is 11.3. The maximum Gasteiger partial charge on any atom is 0.303 e. The summed E-state index contributed by atoms with van der Waals surface area (Å²) < 4.78 is 5.70. The van der Waals surface area contributed by atoms with Crippen LogP contribution in [0.3, 0.4) is 0 Å². The molecule has 0 fully saturated rings. The standard InChI is InChI=1S/C19H19NO5/c21-13-18(22)20-16-10-9-15(14-6-2-1-3-7-14)12-17(16)25-11-5-4-8-19(23)24/h1-3,6-7,9-10,12-13H,4-5,8,11H2,(H,20,22)(H,23,24). The zero-order chi connectivity index (χ0) is 18.1. The third kappa shape index (κ3) is 5.76. The van der Waals surface area contributed by atoms with E-state index in [1.165, 1.54) is 0 Å². The minimum atomic E-state index is -0.843. The highest BCUT2D eigenvalue weighted by Gasteiger charge is 2.10. The van der Waals surface area contributed by atoms with Crippen molar-refractivity contribution >= 4 is 23.9 Å². The summed E-state index contributed by atoms with van der Waals surface area (Å²) in [6.07, 6.45) is 1.36. The Bertz CT molecular complexity index is 743. The first-order chi connectivity index (χ1) is 12.1. The lowest BCUT2D eigenvalue weighted by Gasteiger charge is -2.13. The van der Waals surface area contributed by atoms with E-state index in [1.807, 2.05) is 36.4 Å². The Morgan fingerprint density at radius 2 is 1.80 bits per heavy atom. The highest BCUT2D eigenvalue weighted by molar-refractivity contribution is 6.29. The predicted molar refractivity (Wildman–Crippen MR) is 93.6 cm³/mol. The van der Waals surface area contributed by atoms with Gasteiger partial charge in [-0.3, -0.25) is 14.4 Å². The van der Waals surface area contributed by atoms with Gasteiger partial charge >= 0.3 is 5.97 Å². The van der Waals surface area contributed by atoms with E-state index in [0.717, 1.165) is 11.1 Å². The van der Waals surface area contributed by atoms with E-state index in [2.05, 4.69) is 5.32 Å². The third-order valence-corrected chi connectivity index (χ3v) is 3.50. The van der Waals surface area contributed by atoms with Gasteiger partial charge in [-0.05, 0) is 36.1 Å². The van der Waals surface area contributed by atoms with Crippen LogP contribution in [0, 0.1) is 0 Å². The molecule has 0 radical (unpaired) electrons. The van der Waals surface area contributed by atoms with E-state index < -0.39 is 11.9 Å². The Balaban J connectivity index is 2.14. The number of ether oxygens (including phenoxy) is 1. The van der Waals surface area contributed by atoms with E-state index in [1.54, 1.807) is 12.1 Å². The van der Waals surface area contributed by atoms with E-state index in [9.17, 15) is 14.4 Å². The quantitative estimate of drug-likeness (QED) is 0.415. The molecule has 0 bridgehead atoms. The molecule has 2 aromatic rings. The minimum Gasteiger partial charge on any atom is -0.491 e. The molecule has 2 rings (SSSR count). The molecule has 0 spiro atoms. The first-order valence-electron chi connectivity index (χ1n) is 7.90. The molecule has 0 heterocycles. The number of carboxylic acid groups (broad SMARTS) is 1. The van der Waals surface area contributed by atoms with Crippen molar-refractivity contribution in [2.75, 3.05) is 11.9 Å². The number of carboxylic acids is 1. The predicted octanol–water partition coefficient (Wildman–Crippen LogP) is 3.12. The van der Waals surface area contributed by atoms with Crippen LogP contribution >= 0.6 is 0 Å². The van der Waals surface area contributed by atoms with Crippen molar-refractivity contribution in [1.29, 1.82) is 0 Å². The fourth-order valence-corrected chi connectivity index (χ4v) is 2.28. The number of carbonyl (C=O) groups is 3. The number of benzene rings is 2. The number of unbranched alkanes of at least 4 members (excludes halogenated alkanes) is 1. The number of anilines is 1. The largest absolute Gasteiger partial charge is 0.491 e. The summed E-state index contributed by atoms with van der Waals surface area (Å²) in [4.78, 5) is 32.4. The second kappa shape index (κ2) is 9.22. The number of carbonyl (C=O) groups excluding carboxylic acids is 2. The molecule has 0 aliphatic rings. The van der Waals surface area contributed by atoms with Crippen molar-refractivity contribution in [3.63, 3.8) is 0 Å². The van der Waals surface area contributed by atoms with Gasteiger partial charge in [0.15, 0.2) is 0 Å². The van der Waals surface area contributed by atoms with Gasteiger partial charge in [0.1, 0.15) is 5.75 Å². The van der Waals surface area contributed by atoms with Crippen molar-refractivity contribution in [1.82, 2.24) is 0 Å². The second-order valence-electron chi connectivity index (χ2n) is 5.38. The minimum absolute atomic E-state index is 0.0855. The molecule has 0 saturated heterocycles. The molecule has 130 valence electrons. The molecule has 0 aliphatic heterocycles. The van der Waals surface area contributed by atoms with Crippen LogP contribution in [0.25, 0.3) is 11.1 Å². The number of hydrogen-bond donors (Lipinski definition) is 2. The average Bonchev–Trinajstić information content (AvgIpc) is 2.63. The van der Waals surface area contributed by atoms with Crippen LogP contribution in [0.5, 0.6) is 5.75 Å².